The molecule has 0 amide bonds. The minimum atomic E-state index is 0.364. The number of ether oxygens (including phenoxy) is 1. The summed E-state index contributed by atoms with van der Waals surface area (Å²) in [6, 6.07) is 2.20. The molecule has 0 aromatic carbocycles. The standard InChI is InChI=1S/C10H15N5O/c1-16-9-4-5-12-8(15-9)6-13-10(11)14-7-2-3-7/h4-5,7H,2-3,6H2,1H3,(H3,11,13,14). The van der Waals surface area contributed by atoms with Gasteiger partial charge in [0.25, 0.3) is 0 Å². The maximum atomic E-state index is 5.69. The second-order valence-electron chi connectivity index (χ2n) is 3.64. The molecule has 86 valence electrons. The summed E-state index contributed by atoms with van der Waals surface area (Å²) in [5.74, 6) is 1.59. The quantitative estimate of drug-likeness (QED) is 0.554. The zero-order chi connectivity index (χ0) is 11.4. The summed E-state index contributed by atoms with van der Waals surface area (Å²) in [7, 11) is 1.57. The molecule has 6 nitrogen and oxygen atoms in total. The van der Waals surface area contributed by atoms with Gasteiger partial charge in [0.2, 0.25) is 5.88 Å². The average Bonchev–Trinajstić information content (AvgIpc) is 3.10. The van der Waals surface area contributed by atoms with Gasteiger partial charge in [0, 0.05) is 18.3 Å². The van der Waals surface area contributed by atoms with Crippen LogP contribution in [0, 0.1) is 0 Å². The fourth-order valence-electron chi connectivity index (χ4n) is 1.21. The third-order valence-electron chi connectivity index (χ3n) is 2.21. The first-order chi connectivity index (χ1) is 7.78. The van der Waals surface area contributed by atoms with Crippen LogP contribution in [0.3, 0.4) is 0 Å². The third-order valence-corrected chi connectivity index (χ3v) is 2.21. The Balaban J connectivity index is 1.91. The SMILES string of the molecule is COc1ccnc(CN=C(N)NC2CC2)n1. The van der Waals surface area contributed by atoms with Crippen LogP contribution in [0.4, 0.5) is 0 Å². The molecule has 1 saturated carbocycles. The molecule has 6 heteroatoms. The van der Waals surface area contributed by atoms with Gasteiger partial charge in [-0.05, 0) is 12.8 Å². The number of aliphatic imine (C=N–C) groups is 1. The van der Waals surface area contributed by atoms with Crippen LogP contribution in [0.5, 0.6) is 5.88 Å². The number of aromatic nitrogens is 2. The van der Waals surface area contributed by atoms with E-state index in [2.05, 4.69) is 20.3 Å². The number of hydrogen-bond donors (Lipinski definition) is 2. The van der Waals surface area contributed by atoms with Crippen molar-refractivity contribution < 1.29 is 4.74 Å². The monoisotopic (exact) mass is 221 g/mol. The molecule has 1 aliphatic rings. The van der Waals surface area contributed by atoms with E-state index in [-0.39, 0.29) is 0 Å². The molecule has 1 aliphatic carbocycles. The number of rotatable bonds is 4. The molecule has 0 atom stereocenters. The van der Waals surface area contributed by atoms with E-state index >= 15 is 0 Å². The van der Waals surface area contributed by atoms with Crippen LogP contribution in [0.25, 0.3) is 0 Å². The van der Waals surface area contributed by atoms with Crippen LogP contribution >= 0.6 is 0 Å². The van der Waals surface area contributed by atoms with Gasteiger partial charge in [0.05, 0.1) is 7.11 Å². The minimum absolute atomic E-state index is 0.364. The maximum Gasteiger partial charge on any atom is 0.216 e. The minimum Gasteiger partial charge on any atom is -0.481 e. The highest BCUT2D eigenvalue weighted by molar-refractivity contribution is 5.78. The summed E-state index contributed by atoms with van der Waals surface area (Å²) in [6.07, 6.45) is 3.99. The van der Waals surface area contributed by atoms with E-state index < -0.39 is 0 Å². The maximum absolute atomic E-state index is 5.69. The molecule has 3 N–H and O–H groups in total. The average molecular weight is 221 g/mol. The van der Waals surface area contributed by atoms with E-state index in [0.717, 1.165) is 0 Å². The van der Waals surface area contributed by atoms with Gasteiger partial charge in [-0.1, -0.05) is 0 Å². The van der Waals surface area contributed by atoms with Crippen molar-refractivity contribution >= 4 is 5.96 Å². The third kappa shape index (κ3) is 3.08. The first-order valence-corrected chi connectivity index (χ1v) is 5.20. The Morgan fingerprint density at radius 1 is 1.69 bits per heavy atom. The number of methoxy groups -OCH3 is 1. The number of nitrogens with zero attached hydrogens (tertiary/aromatic N) is 3. The van der Waals surface area contributed by atoms with Gasteiger partial charge in [-0.2, -0.15) is 4.98 Å². The molecule has 16 heavy (non-hydrogen) atoms. The first kappa shape index (κ1) is 10.7. The summed E-state index contributed by atoms with van der Waals surface area (Å²) < 4.78 is 4.99. The Morgan fingerprint density at radius 2 is 2.50 bits per heavy atom. The smallest absolute Gasteiger partial charge is 0.216 e. The molecule has 0 radical (unpaired) electrons. The van der Waals surface area contributed by atoms with Crippen molar-refractivity contribution in [3.63, 3.8) is 0 Å². The van der Waals surface area contributed by atoms with Crippen molar-refractivity contribution in [3.05, 3.63) is 18.1 Å². The lowest BCUT2D eigenvalue weighted by Crippen LogP contribution is -2.33. The van der Waals surface area contributed by atoms with Crippen LogP contribution in [0.15, 0.2) is 17.3 Å². The fourth-order valence-corrected chi connectivity index (χ4v) is 1.21. The molecule has 1 aromatic rings. The Morgan fingerprint density at radius 3 is 3.19 bits per heavy atom. The van der Waals surface area contributed by atoms with Crippen LogP contribution in [-0.4, -0.2) is 29.1 Å². The lowest BCUT2D eigenvalue weighted by atomic mass is 10.5. The fraction of sp³-hybridized carbons (Fsp3) is 0.500. The molecule has 0 unspecified atom stereocenters. The van der Waals surface area contributed by atoms with E-state index in [1.165, 1.54) is 12.8 Å². The molecule has 1 fully saturated rings. The highest BCUT2D eigenvalue weighted by Crippen LogP contribution is 2.18. The van der Waals surface area contributed by atoms with Crippen molar-refractivity contribution in [2.75, 3.05) is 7.11 Å². The van der Waals surface area contributed by atoms with Crippen molar-refractivity contribution in [1.82, 2.24) is 15.3 Å². The first-order valence-electron chi connectivity index (χ1n) is 5.20. The lowest BCUT2D eigenvalue weighted by Gasteiger charge is -2.03. The largest absolute Gasteiger partial charge is 0.481 e. The van der Waals surface area contributed by atoms with E-state index in [4.69, 9.17) is 10.5 Å². The van der Waals surface area contributed by atoms with Crippen molar-refractivity contribution in [1.29, 1.82) is 0 Å². The van der Waals surface area contributed by atoms with E-state index in [9.17, 15) is 0 Å². The van der Waals surface area contributed by atoms with Crippen molar-refractivity contribution in [2.24, 2.45) is 10.7 Å². The Bertz CT molecular complexity index is 389. The van der Waals surface area contributed by atoms with Gasteiger partial charge >= 0.3 is 0 Å². The molecule has 1 aromatic heterocycles. The number of guanidine groups is 1. The van der Waals surface area contributed by atoms with Gasteiger partial charge < -0.3 is 15.8 Å². The molecule has 0 spiro atoms. The zero-order valence-electron chi connectivity index (χ0n) is 9.18. The molecule has 0 saturated heterocycles. The summed E-state index contributed by atoms with van der Waals surface area (Å²) in [4.78, 5) is 12.4. The molecular formula is C10H15N5O. The van der Waals surface area contributed by atoms with Gasteiger partial charge in [-0.15, -0.1) is 0 Å². The topological polar surface area (TPSA) is 85.4 Å². The molecular weight excluding hydrogens is 206 g/mol. The summed E-state index contributed by atoms with van der Waals surface area (Å²) in [5, 5.41) is 3.09. The van der Waals surface area contributed by atoms with E-state index in [1.807, 2.05) is 0 Å². The van der Waals surface area contributed by atoms with Crippen LogP contribution < -0.4 is 15.8 Å². The molecule has 0 bridgehead atoms. The van der Waals surface area contributed by atoms with Crippen molar-refractivity contribution in [3.8, 4) is 5.88 Å². The number of nitrogens with two attached hydrogens (primary N) is 1. The van der Waals surface area contributed by atoms with Crippen LogP contribution in [-0.2, 0) is 6.54 Å². The molecule has 2 rings (SSSR count). The van der Waals surface area contributed by atoms with Gasteiger partial charge in [0.1, 0.15) is 6.54 Å². The van der Waals surface area contributed by atoms with Crippen LogP contribution in [0.1, 0.15) is 18.7 Å². The van der Waals surface area contributed by atoms with Gasteiger partial charge in [-0.25, -0.2) is 9.98 Å². The predicted octanol–water partition coefficient (Wildman–Crippen LogP) is 0.0519. The highest BCUT2D eigenvalue weighted by atomic mass is 16.5. The summed E-state index contributed by atoms with van der Waals surface area (Å²) >= 11 is 0. The van der Waals surface area contributed by atoms with Crippen molar-refractivity contribution in [2.45, 2.75) is 25.4 Å². The Kier molecular flexibility index (Phi) is 3.19. The Labute approximate surface area is 94.0 Å². The second-order valence-corrected chi connectivity index (χ2v) is 3.64. The normalized spacial score (nSPS) is 15.9. The van der Waals surface area contributed by atoms with E-state index in [0.29, 0.717) is 30.3 Å². The Hall–Kier alpha value is -1.85. The molecule has 0 aliphatic heterocycles. The zero-order valence-corrected chi connectivity index (χ0v) is 9.18. The van der Waals surface area contributed by atoms with E-state index in [1.54, 1.807) is 19.4 Å². The summed E-state index contributed by atoms with van der Waals surface area (Å²) in [6.45, 7) is 0.364. The highest BCUT2D eigenvalue weighted by Gasteiger charge is 2.21. The number of nitrogens with one attached hydrogen (secondary N) is 1. The van der Waals surface area contributed by atoms with Gasteiger partial charge in [-0.3, -0.25) is 0 Å². The molecule has 1 heterocycles. The lowest BCUT2D eigenvalue weighted by molar-refractivity contribution is 0.394. The van der Waals surface area contributed by atoms with Crippen LogP contribution in [0.2, 0.25) is 0 Å². The number of hydrogen-bond acceptors (Lipinski definition) is 4. The predicted molar refractivity (Wildman–Crippen MR) is 60.1 cm³/mol. The van der Waals surface area contributed by atoms with Gasteiger partial charge in [0.15, 0.2) is 11.8 Å². The second kappa shape index (κ2) is 4.78. The summed E-state index contributed by atoms with van der Waals surface area (Å²) in [5.41, 5.74) is 5.69.